The smallest absolute Gasteiger partial charge is 0.271 e. The molecule has 1 aromatic heterocycles. The van der Waals surface area contributed by atoms with Crippen LogP contribution in [0.15, 0.2) is 78.2 Å². The molecule has 0 saturated carbocycles. The first kappa shape index (κ1) is 17.4. The lowest BCUT2D eigenvalue weighted by atomic mass is 10.2. The third kappa shape index (κ3) is 5.01. The molecular formula is C21H19N3O2. The van der Waals surface area contributed by atoms with Crippen molar-refractivity contribution in [1.82, 2.24) is 10.4 Å². The number of carbonyl (C=O) groups is 1. The SMILES string of the molecule is Cc1ccc(COc2ccc(/C=N/NC(=O)c3ccncc3)cc2)cc1. The van der Waals surface area contributed by atoms with E-state index in [1.807, 2.05) is 24.3 Å². The first-order chi connectivity index (χ1) is 12.7. The zero-order valence-corrected chi connectivity index (χ0v) is 14.4. The molecule has 0 aliphatic rings. The number of ether oxygens (including phenoxy) is 1. The fourth-order valence-electron chi connectivity index (χ4n) is 2.23. The van der Waals surface area contributed by atoms with E-state index in [1.54, 1.807) is 30.7 Å². The van der Waals surface area contributed by atoms with Crippen molar-refractivity contribution < 1.29 is 9.53 Å². The Morgan fingerprint density at radius 1 is 1.04 bits per heavy atom. The van der Waals surface area contributed by atoms with Gasteiger partial charge in [-0.25, -0.2) is 5.43 Å². The van der Waals surface area contributed by atoms with Crippen molar-refractivity contribution in [2.45, 2.75) is 13.5 Å². The molecule has 1 heterocycles. The van der Waals surface area contributed by atoms with Gasteiger partial charge < -0.3 is 4.74 Å². The molecule has 5 nitrogen and oxygen atoms in total. The highest BCUT2D eigenvalue weighted by atomic mass is 16.5. The summed E-state index contributed by atoms with van der Waals surface area (Å²) in [5.41, 5.74) is 6.21. The molecule has 0 aliphatic carbocycles. The highest BCUT2D eigenvalue weighted by Gasteiger charge is 2.02. The molecule has 0 aliphatic heterocycles. The number of aromatic nitrogens is 1. The number of benzene rings is 2. The Hall–Kier alpha value is -3.47. The maximum atomic E-state index is 11.9. The van der Waals surface area contributed by atoms with Crippen LogP contribution in [0.1, 0.15) is 27.0 Å². The van der Waals surface area contributed by atoms with Crippen molar-refractivity contribution >= 4 is 12.1 Å². The van der Waals surface area contributed by atoms with Gasteiger partial charge in [-0.3, -0.25) is 9.78 Å². The highest BCUT2D eigenvalue weighted by Crippen LogP contribution is 2.14. The Labute approximate surface area is 152 Å². The second-order valence-electron chi connectivity index (χ2n) is 5.78. The second kappa shape index (κ2) is 8.58. The number of nitrogens with one attached hydrogen (secondary N) is 1. The summed E-state index contributed by atoms with van der Waals surface area (Å²) < 4.78 is 5.77. The number of rotatable bonds is 6. The van der Waals surface area contributed by atoms with Crippen LogP contribution >= 0.6 is 0 Å². The third-order valence-electron chi connectivity index (χ3n) is 3.73. The van der Waals surface area contributed by atoms with Crippen LogP contribution in [0, 0.1) is 6.92 Å². The lowest BCUT2D eigenvalue weighted by molar-refractivity contribution is 0.0955. The normalized spacial score (nSPS) is 10.7. The number of hydrazone groups is 1. The van der Waals surface area contributed by atoms with Crippen LogP contribution in [-0.2, 0) is 6.61 Å². The zero-order chi connectivity index (χ0) is 18.2. The van der Waals surface area contributed by atoms with E-state index in [0.717, 1.165) is 16.9 Å². The summed E-state index contributed by atoms with van der Waals surface area (Å²) in [6.07, 6.45) is 4.71. The maximum absolute atomic E-state index is 11.9. The molecule has 2 aromatic carbocycles. The van der Waals surface area contributed by atoms with Crippen molar-refractivity contribution in [1.29, 1.82) is 0 Å². The minimum atomic E-state index is -0.276. The summed E-state index contributed by atoms with van der Waals surface area (Å²) in [7, 11) is 0. The zero-order valence-electron chi connectivity index (χ0n) is 14.4. The predicted octanol–water partition coefficient (Wildman–Crippen LogP) is 3.73. The van der Waals surface area contributed by atoms with Gasteiger partial charge in [-0.2, -0.15) is 5.10 Å². The van der Waals surface area contributed by atoms with E-state index >= 15 is 0 Å². The highest BCUT2D eigenvalue weighted by molar-refractivity contribution is 5.94. The van der Waals surface area contributed by atoms with E-state index in [-0.39, 0.29) is 5.91 Å². The van der Waals surface area contributed by atoms with E-state index in [9.17, 15) is 4.79 Å². The Morgan fingerprint density at radius 2 is 1.73 bits per heavy atom. The van der Waals surface area contributed by atoms with Crippen LogP contribution in [0.5, 0.6) is 5.75 Å². The Balaban J connectivity index is 1.51. The topological polar surface area (TPSA) is 63.6 Å². The molecule has 130 valence electrons. The first-order valence-corrected chi connectivity index (χ1v) is 8.22. The summed E-state index contributed by atoms with van der Waals surface area (Å²) in [6.45, 7) is 2.58. The minimum Gasteiger partial charge on any atom is -0.489 e. The molecule has 0 bridgehead atoms. The Bertz CT molecular complexity index is 873. The largest absolute Gasteiger partial charge is 0.489 e. The van der Waals surface area contributed by atoms with E-state index in [2.05, 4.69) is 46.7 Å². The summed E-state index contributed by atoms with van der Waals surface area (Å²) in [5.74, 6) is 0.505. The number of hydrogen-bond donors (Lipinski definition) is 1. The Morgan fingerprint density at radius 3 is 2.42 bits per heavy atom. The van der Waals surface area contributed by atoms with Gasteiger partial charge in [0.1, 0.15) is 12.4 Å². The van der Waals surface area contributed by atoms with E-state index in [1.165, 1.54) is 5.56 Å². The summed E-state index contributed by atoms with van der Waals surface area (Å²) in [5, 5.41) is 3.96. The summed E-state index contributed by atoms with van der Waals surface area (Å²) in [4.78, 5) is 15.7. The van der Waals surface area contributed by atoms with Gasteiger partial charge in [-0.05, 0) is 54.4 Å². The van der Waals surface area contributed by atoms with Gasteiger partial charge >= 0.3 is 0 Å². The summed E-state index contributed by atoms with van der Waals surface area (Å²) in [6, 6.07) is 19.0. The van der Waals surface area contributed by atoms with Crippen molar-refractivity contribution in [3.63, 3.8) is 0 Å². The lowest BCUT2D eigenvalue weighted by Gasteiger charge is -2.06. The van der Waals surface area contributed by atoms with Crippen molar-refractivity contribution in [3.05, 3.63) is 95.3 Å². The number of nitrogens with zero attached hydrogens (tertiary/aromatic N) is 2. The molecule has 0 unspecified atom stereocenters. The van der Waals surface area contributed by atoms with Gasteiger partial charge in [0.2, 0.25) is 0 Å². The number of amides is 1. The second-order valence-corrected chi connectivity index (χ2v) is 5.78. The fraction of sp³-hybridized carbons (Fsp3) is 0.0952. The van der Waals surface area contributed by atoms with Crippen LogP contribution < -0.4 is 10.2 Å². The average molecular weight is 345 g/mol. The maximum Gasteiger partial charge on any atom is 0.271 e. The van der Waals surface area contributed by atoms with E-state index in [4.69, 9.17) is 4.74 Å². The molecule has 0 saturated heterocycles. The first-order valence-electron chi connectivity index (χ1n) is 8.22. The van der Waals surface area contributed by atoms with Gasteiger partial charge in [0, 0.05) is 18.0 Å². The van der Waals surface area contributed by atoms with Crippen LogP contribution in [-0.4, -0.2) is 17.1 Å². The number of aryl methyl sites for hydroxylation is 1. The molecule has 5 heteroatoms. The van der Waals surface area contributed by atoms with Gasteiger partial charge in [-0.1, -0.05) is 29.8 Å². The number of hydrogen-bond acceptors (Lipinski definition) is 4. The van der Waals surface area contributed by atoms with Gasteiger partial charge in [0.15, 0.2) is 0 Å². The molecule has 0 atom stereocenters. The third-order valence-corrected chi connectivity index (χ3v) is 3.73. The molecule has 1 N–H and O–H groups in total. The minimum absolute atomic E-state index is 0.276. The quantitative estimate of drug-likeness (QED) is 0.547. The lowest BCUT2D eigenvalue weighted by Crippen LogP contribution is -2.17. The fourth-order valence-corrected chi connectivity index (χ4v) is 2.23. The summed E-state index contributed by atoms with van der Waals surface area (Å²) >= 11 is 0. The average Bonchev–Trinajstić information content (AvgIpc) is 2.69. The van der Waals surface area contributed by atoms with Crippen molar-refractivity contribution in [2.24, 2.45) is 5.10 Å². The Kier molecular flexibility index (Phi) is 5.72. The molecule has 26 heavy (non-hydrogen) atoms. The predicted molar refractivity (Wildman–Crippen MR) is 101 cm³/mol. The molecular weight excluding hydrogens is 326 g/mol. The standard InChI is InChI=1S/C21H19N3O2/c1-16-2-4-18(5-3-16)15-26-20-8-6-17(7-9-20)14-23-24-21(25)19-10-12-22-13-11-19/h2-14H,15H2,1H3,(H,24,25)/b23-14+. The molecule has 0 fully saturated rings. The van der Waals surface area contributed by atoms with Gasteiger partial charge in [0.25, 0.3) is 5.91 Å². The number of carbonyl (C=O) groups excluding carboxylic acids is 1. The van der Waals surface area contributed by atoms with Crippen LogP contribution in [0.4, 0.5) is 0 Å². The molecule has 3 aromatic rings. The molecule has 3 rings (SSSR count). The van der Waals surface area contributed by atoms with Crippen LogP contribution in [0.25, 0.3) is 0 Å². The molecule has 0 radical (unpaired) electrons. The van der Waals surface area contributed by atoms with Gasteiger partial charge in [-0.15, -0.1) is 0 Å². The van der Waals surface area contributed by atoms with E-state index < -0.39 is 0 Å². The van der Waals surface area contributed by atoms with Crippen molar-refractivity contribution in [3.8, 4) is 5.75 Å². The van der Waals surface area contributed by atoms with E-state index in [0.29, 0.717) is 12.2 Å². The van der Waals surface area contributed by atoms with Crippen LogP contribution in [0.3, 0.4) is 0 Å². The molecule has 0 spiro atoms. The van der Waals surface area contributed by atoms with Crippen molar-refractivity contribution in [2.75, 3.05) is 0 Å². The van der Waals surface area contributed by atoms with Crippen LogP contribution in [0.2, 0.25) is 0 Å². The van der Waals surface area contributed by atoms with Gasteiger partial charge in [0.05, 0.1) is 6.21 Å². The monoisotopic (exact) mass is 345 g/mol. The number of pyridine rings is 1. The molecule has 1 amide bonds.